The molecule has 0 saturated heterocycles. The number of rotatable bonds is 6. The van der Waals surface area contributed by atoms with Gasteiger partial charge in [0.15, 0.2) is 17.6 Å². The van der Waals surface area contributed by atoms with Gasteiger partial charge in [0, 0.05) is 18.2 Å². The lowest BCUT2D eigenvalue weighted by atomic mass is 10.1. The van der Waals surface area contributed by atoms with Crippen molar-refractivity contribution in [1.82, 2.24) is 10.5 Å². The van der Waals surface area contributed by atoms with Gasteiger partial charge in [-0.25, -0.2) is 4.39 Å². The maximum Gasteiger partial charge on any atom is 0.280 e. The number of hydrogen-bond donors (Lipinski definition) is 1. The number of halogens is 1. The minimum atomic E-state index is -0.881. The summed E-state index contributed by atoms with van der Waals surface area (Å²) in [5.74, 6) is -0.342. The van der Waals surface area contributed by atoms with Gasteiger partial charge in [-0.05, 0) is 48.4 Å². The lowest BCUT2D eigenvalue weighted by Crippen LogP contribution is -2.51. The predicted octanol–water partition coefficient (Wildman–Crippen LogP) is 4.25. The first-order chi connectivity index (χ1) is 17.1. The number of carbonyl (C=O) groups is 2. The molecule has 1 aliphatic rings. The molecular weight excluding hydrogens is 449 g/mol. The fourth-order valence-electron chi connectivity index (χ4n) is 3.92. The Bertz CT molecular complexity index is 1340. The number of amides is 2. The second-order valence-electron chi connectivity index (χ2n) is 8.10. The third-order valence-electron chi connectivity index (χ3n) is 5.73. The molecule has 35 heavy (non-hydrogen) atoms. The average molecular weight is 471 g/mol. The van der Waals surface area contributed by atoms with Crippen LogP contribution in [0.2, 0.25) is 0 Å². The van der Waals surface area contributed by atoms with Crippen LogP contribution in [0.4, 0.5) is 10.1 Å². The molecule has 176 valence electrons. The van der Waals surface area contributed by atoms with E-state index in [1.54, 1.807) is 36.4 Å². The zero-order valence-electron chi connectivity index (χ0n) is 18.7. The van der Waals surface area contributed by atoms with Crippen LogP contribution in [0.1, 0.15) is 16.1 Å². The average Bonchev–Trinajstić information content (AvgIpc) is 3.39. The van der Waals surface area contributed by atoms with Crippen LogP contribution in [0.15, 0.2) is 89.5 Å². The number of hydrogen-bond acceptors (Lipinski definition) is 5. The summed E-state index contributed by atoms with van der Waals surface area (Å²) in [6.45, 7) is 0.467. The topological polar surface area (TPSA) is 84.7 Å². The van der Waals surface area contributed by atoms with E-state index in [9.17, 15) is 14.0 Å². The van der Waals surface area contributed by atoms with Gasteiger partial charge in [0.2, 0.25) is 0 Å². The van der Waals surface area contributed by atoms with Crippen molar-refractivity contribution in [3.8, 4) is 17.1 Å². The van der Waals surface area contributed by atoms with Crippen LogP contribution >= 0.6 is 0 Å². The molecule has 1 atom stereocenters. The van der Waals surface area contributed by atoms with Crippen molar-refractivity contribution in [2.75, 3.05) is 18.0 Å². The molecule has 0 aliphatic carbocycles. The van der Waals surface area contributed by atoms with Crippen molar-refractivity contribution in [3.63, 3.8) is 0 Å². The molecule has 1 N–H and O–H groups in total. The van der Waals surface area contributed by atoms with E-state index in [0.717, 1.165) is 5.56 Å². The molecule has 0 saturated carbocycles. The Labute approximate surface area is 201 Å². The summed E-state index contributed by atoms with van der Waals surface area (Å²) in [6.07, 6.45) is -0.197. The fraction of sp³-hybridized carbons (Fsp3) is 0.148. The van der Waals surface area contributed by atoms with E-state index in [1.807, 2.05) is 30.3 Å². The molecule has 0 unspecified atom stereocenters. The molecule has 8 heteroatoms. The normalized spacial score (nSPS) is 14.7. The Morgan fingerprint density at radius 2 is 1.74 bits per heavy atom. The van der Waals surface area contributed by atoms with E-state index in [0.29, 0.717) is 35.7 Å². The van der Waals surface area contributed by atoms with Gasteiger partial charge < -0.3 is 14.6 Å². The first kappa shape index (κ1) is 22.3. The van der Waals surface area contributed by atoms with E-state index in [-0.39, 0.29) is 24.0 Å². The number of anilines is 1. The minimum Gasteiger partial charge on any atom is -0.477 e. The monoisotopic (exact) mass is 471 g/mol. The third kappa shape index (κ3) is 4.91. The number of aromatic nitrogens is 1. The number of ether oxygens (including phenoxy) is 1. The van der Waals surface area contributed by atoms with E-state index in [1.165, 1.54) is 23.1 Å². The van der Waals surface area contributed by atoms with Gasteiger partial charge in [-0.2, -0.15) is 0 Å². The van der Waals surface area contributed by atoms with Gasteiger partial charge in [0.25, 0.3) is 11.8 Å². The van der Waals surface area contributed by atoms with Crippen molar-refractivity contribution in [2.24, 2.45) is 0 Å². The molecule has 5 rings (SSSR count). The molecule has 1 aliphatic heterocycles. The Hall–Kier alpha value is -4.46. The summed E-state index contributed by atoms with van der Waals surface area (Å²) in [5.41, 5.74) is 2.32. The largest absolute Gasteiger partial charge is 0.477 e. The maximum absolute atomic E-state index is 13.4. The van der Waals surface area contributed by atoms with Crippen LogP contribution in [0.3, 0.4) is 0 Å². The summed E-state index contributed by atoms with van der Waals surface area (Å²) >= 11 is 0. The highest BCUT2D eigenvalue weighted by molar-refractivity contribution is 6.07. The number of para-hydroxylation sites is 2. The predicted molar refractivity (Wildman–Crippen MR) is 128 cm³/mol. The van der Waals surface area contributed by atoms with Crippen LogP contribution in [0.5, 0.6) is 5.75 Å². The van der Waals surface area contributed by atoms with Gasteiger partial charge in [-0.15, -0.1) is 0 Å². The first-order valence-corrected chi connectivity index (χ1v) is 11.2. The standard InChI is InChI=1S/C27H22FN3O4/c28-20-12-10-19(11-13-20)24-16-21(30-35-24)27(33)31-17-25(34-23-9-5-4-8-22(23)31)26(32)29-15-14-18-6-2-1-3-7-18/h1-13,16,25H,14-15,17H2,(H,29,32)/t25-/m1/s1. The second kappa shape index (κ2) is 9.80. The molecule has 4 aromatic rings. The highest BCUT2D eigenvalue weighted by atomic mass is 19.1. The summed E-state index contributed by atoms with van der Waals surface area (Å²) in [5, 5.41) is 6.81. The molecule has 2 amide bonds. The number of carbonyl (C=O) groups excluding carboxylic acids is 2. The number of fused-ring (bicyclic) bond motifs is 1. The smallest absolute Gasteiger partial charge is 0.280 e. The molecule has 2 heterocycles. The lowest BCUT2D eigenvalue weighted by molar-refractivity contribution is -0.127. The van der Waals surface area contributed by atoms with Gasteiger partial charge in [0.05, 0.1) is 12.2 Å². The van der Waals surface area contributed by atoms with Crippen molar-refractivity contribution in [3.05, 3.63) is 102 Å². The fourth-order valence-corrected chi connectivity index (χ4v) is 3.92. The Kier molecular flexibility index (Phi) is 6.26. The van der Waals surface area contributed by atoms with E-state index in [4.69, 9.17) is 9.26 Å². The SMILES string of the molecule is O=C(NCCc1ccccc1)[C@H]1CN(C(=O)c2cc(-c3ccc(F)cc3)on2)c2ccccc2O1. The zero-order valence-corrected chi connectivity index (χ0v) is 18.7. The summed E-state index contributed by atoms with van der Waals surface area (Å²) in [4.78, 5) is 27.7. The quantitative estimate of drug-likeness (QED) is 0.455. The van der Waals surface area contributed by atoms with Gasteiger partial charge >= 0.3 is 0 Å². The van der Waals surface area contributed by atoms with Crippen molar-refractivity contribution in [2.45, 2.75) is 12.5 Å². The third-order valence-corrected chi connectivity index (χ3v) is 5.73. The van der Waals surface area contributed by atoms with Crippen LogP contribution in [-0.2, 0) is 11.2 Å². The van der Waals surface area contributed by atoms with Gasteiger partial charge in [-0.1, -0.05) is 47.6 Å². The van der Waals surface area contributed by atoms with Crippen molar-refractivity contribution >= 4 is 17.5 Å². The van der Waals surface area contributed by atoms with E-state index < -0.39 is 12.0 Å². The van der Waals surface area contributed by atoms with Crippen molar-refractivity contribution in [1.29, 1.82) is 0 Å². The molecule has 0 radical (unpaired) electrons. The summed E-state index contributed by atoms with van der Waals surface area (Å²) < 4.78 is 24.5. The molecule has 3 aromatic carbocycles. The first-order valence-electron chi connectivity index (χ1n) is 11.2. The molecule has 0 fully saturated rings. The molecule has 0 spiro atoms. The summed E-state index contributed by atoms with van der Waals surface area (Å²) in [7, 11) is 0. The zero-order chi connectivity index (χ0) is 24.2. The molecule has 7 nitrogen and oxygen atoms in total. The minimum absolute atomic E-state index is 0.0196. The number of nitrogens with one attached hydrogen (secondary N) is 1. The van der Waals surface area contributed by atoms with Crippen LogP contribution in [0, 0.1) is 5.82 Å². The van der Waals surface area contributed by atoms with Crippen molar-refractivity contribution < 1.29 is 23.2 Å². The Morgan fingerprint density at radius 1 is 1.00 bits per heavy atom. The number of benzene rings is 3. The number of nitrogens with zero attached hydrogens (tertiary/aromatic N) is 2. The molecule has 0 bridgehead atoms. The lowest BCUT2D eigenvalue weighted by Gasteiger charge is -2.33. The Balaban J connectivity index is 1.32. The van der Waals surface area contributed by atoms with Gasteiger partial charge in [0.1, 0.15) is 11.6 Å². The van der Waals surface area contributed by atoms with E-state index in [2.05, 4.69) is 10.5 Å². The van der Waals surface area contributed by atoms with Gasteiger partial charge in [-0.3, -0.25) is 14.5 Å². The Morgan fingerprint density at radius 3 is 2.54 bits per heavy atom. The van der Waals surface area contributed by atoms with E-state index >= 15 is 0 Å². The highest BCUT2D eigenvalue weighted by Crippen LogP contribution is 2.34. The van der Waals surface area contributed by atoms with Crippen LogP contribution in [-0.4, -0.2) is 36.2 Å². The molecule has 1 aromatic heterocycles. The second-order valence-corrected chi connectivity index (χ2v) is 8.10. The highest BCUT2D eigenvalue weighted by Gasteiger charge is 2.35. The molecular formula is C27H22FN3O4. The van der Waals surface area contributed by atoms with Crippen LogP contribution in [0.25, 0.3) is 11.3 Å². The summed E-state index contributed by atoms with van der Waals surface area (Å²) in [6, 6.07) is 24.1. The maximum atomic E-state index is 13.4. The van der Waals surface area contributed by atoms with Crippen LogP contribution < -0.4 is 15.0 Å².